The van der Waals surface area contributed by atoms with E-state index < -0.39 is 0 Å². The first kappa shape index (κ1) is 10.2. The van der Waals surface area contributed by atoms with Crippen molar-refractivity contribution in [1.82, 2.24) is 20.1 Å². The van der Waals surface area contributed by atoms with Crippen LogP contribution >= 0.6 is 0 Å². The molecule has 1 aromatic heterocycles. The van der Waals surface area contributed by atoms with Crippen molar-refractivity contribution in [2.45, 2.75) is 44.9 Å². The molecule has 1 fully saturated rings. The van der Waals surface area contributed by atoms with Crippen molar-refractivity contribution in [1.29, 1.82) is 0 Å². The second-order valence-corrected chi connectivity index (χ2v) is 4.48. The lowest BCUT2D eigenvalue weighted by Crippen LogP contribution is -2.34. The fourth-order valence-electron chi connectivity index (χ4n) is 2.60. The molecule has 0 aromatic carbocycles. The molecular weight excluding hydrogens is 204 g/mol. The molecule has 1 N–H and O–H groups in total. The van der Waals surface area contributed by atoms with Crippen LogP contribution in [0.15, 0.2) is 0 Å². The zero-order valence-electron chi connectivity index (χ0n) is 9.65. The predicted molar refractivity (Wildman–Crippen MR) is 59.0 cm³/mol. The Balaban J connectivity index is 1.93. The SMILES string of the molecule is CCC1NCCn2c1nnc2C1CCCO1. The zero-order valence-corrected chi connectivity index (χ0v) is 9.65. The Bertz CT molecular complexity index is 370. The van der Waals surface area contributed by atoms with Gasteiger partial charge in [-0.05, 0) is 19.3 Å². The Hall–Kier alpha value is -0.940. The van der Waals surface area contributed by atoms with E-state index >= 15 is 0 Å². The molecule has 0 bridgehead atoms. The monoisotopic (exact) mass is 222 g/mol. The summed E-state index contributed by atoms with van der Waals surface area (Å²) in [5.74, 6) is 2.12. The molecule has 5 nitrogen and oxygen atoms in total. The fourth-order valence-corrected chi connectivity index (χ4v) is 2.60. The number of hydrogen-bond acceptors (Lipinski definition) is 4. The van der Waals surface area contributed by atoms with E-state index in [2.05, 4.69) is 27.0 Å². The van der Waals surface area contributed by atoms with Crippen LogP contribution in [0, 0.1) is 0 Å². The number of rotatable bonds is 2. The quantitative estimate of drug-likeness (QED) is 0.816. The van der Waals surface area contributed by atoms with Gasteiger partial charge in [0.15, 0.2) is 5.82 Å². The number of nitrogens with one attached hydrogen (secondary N) is 1. The second kappa shape index (κ2) is 4.14. The van der Waals surface area contributed by atoms with Gasteiger partial charge in [0.05, 0.1) is 6.04 Å². The first-order chi connectivity index (χ1) is 7.90. The Kier molecular flexibility index (Phi) is 2.65. The summed E-state index contributed by atoms with van der Waals surface area (Å²) in [6.45, 7) is 5.01. The highest BCUT2D eigenvalue weighted by Crippen LogP contribution is 2.30. The molecule has 0 amide bonds. The van der Waals surface area contributed by atoms with E-state index in [1.54, 1.807) is 0 Å². The Morgan fingerprint density at radius 2 is 2.31 bits per heavy atom. The molecule has 0 aliphatic carbocycles. The maximum Gasteiger partial charge on any atom is 0.162 e. The normalized spacial score (nSPS) is 29.3. The van der Waals surface area contributed by atoms with Gasteiger partial charge in [0, 0.05) is 19.7 Å². The van der Waals surface area contributed by atoms with Crippen LogP contribution in [0.1, 0.15) is 50.0 Å². The molecule has 16 heavy (non-hydrogen) atoms. The van der Waals surface area contributed by atoms with E-state index in [-0.39, 0.29) is 6.10 Å². The molecular formula is C11H18N4O. The summed E-state index contributed by atoms with van der Waals surface area (Å²) >= 11 is 0. The Morgan fingerprint density at radius 1 is 1.44 bits per heavy atom. The summed E-state index contributed by atoms with van der Waals surface area (Å²) in [6.07, 6.45) is 3.46. The minimum Gasteiger partial charge on any atom is -0.370 e. The van der Waals surface area contributed by atoms with E-state index in [1.165, 1.54) is 0 Å². The summed E-state index contributed by atoms with van der Waals surface area (Å²) in [5, 5.41) is 12.1. The van der Waals surface area contributed by atoms with Crippen molar-refractivity contribution in [3.63, 3.8) is 0 Å². The number of hydrogen-bond donors (Lipinski definition) is 1. The highest BCUT2D eigenvalue weighted by Gasteiger charge is 2.29. The predicted octanol–water partition coefficient (Wildman–Crippen LogP) is 1.18. The van der Waals surface area contributed by atoms with Crippen molar-refractivity contribution in [2.75, 3.05) is 13.2 Å². The van der Waals surface area contributed by atoms with Gasteiger partial charge in [-0.1, -0.05) is 6.92 Å². The van der Waals surface area contributed by atoms with Crippen LogP contribution in [0.3, 0.4) is 0 Å². The van der Waals surface area contributed by atoms with Crippen molar-refractivity contribution in [3.05, 3.63) is 11.6 Å². The smallest absolute Gasteiger partial charge is 0.162 e. The molecule has 3 rings (SSSR count). The average Bonchev–Trinajstić information content (AvgIpc) is 2.96. The van der Waals surface area contributed by atoms with Crippen LogP contribution < -0.4 is 5.32 Å². The van der Waals surface area contributed by atoms with E-state index in [4.69, 9.17) is 4.74 Å². The molecule has 0 spiro atoms. The molecule has 1 aromatic rings. The molecule has 3 heterocycles. The van der Waals surface area contributed by atoms with E-state index in [1.807, 2.05) is 0 Å². The summed E-state index contributed by atoms with van der Waals surface area (Å²) in [7, 11) is 0. The highest BCUT2D eigenvalue weighted by molar-refractivity contribution is 5.07. The molecule has 0 radical (unpaired) electrons. The summed E-state index contributed by atoms with van der Waals surface area (Å²) in [6, 6.07) is 0.358. The molecule has 5 heteroatoms. The minimum absolute atomic E-state index is 0.178. The van der Waals surface area contributed by atoms with Crippen molar-refractivity contribution >= 4 is 0 Å². The Labute approximate surface area is 95.2 Å². The van der Waals surface area contributed by atoms with Crippen molar-refractivity contribution in [2.24, 2.45) is 0 Å². The van der Waals surface area contributed by atoms with Crippen LogP contribution in [0.25, 0.3) is 0 Å². The summed E-state index contributed by atoms with van der Waals surface area (Å²) < 4.78 is 7.94. The number of nitrogens with zero attached hydrogens (tertiary/aromatic N) is 3. The maximum absolute atomic E-state index is 5.69. The lowest BCUT2D eigenvalue weighted by atomic mass is 10.1. The third-order valence-electron chi connectivity index (χ3n) is 3.47. The van der Waals surface area contributed by atoms with E-state index in [0.29, 0.717) is 6.04 Å². The zero-order chi connectivity index (χ0) is 11.0. The standard InChI is InChI=1S/C11H18N4O/c1-2-8-10-13-14-11(9-4-3-7-16-9)15(10)6-5-12-8/h8-9,12H,2-7H2,1H3. The number of fused-ring (bicyclic) bond motifs is 1. The van der Waals surface area contributed by atoms with Gasteiger partial charge in [0.2, 0.25) is 0 Å². The molecule has 2 atom stereocenters. The molecule has 1 saturated heterocycles. The van der Waals surface area contributed by atoms with Gasteiger partial charge >= 0.3 is 0 Å². The fraction of sp³-hybridized carbons (Fsp3) is 0.818. The van der Waals surface area contributed by atoms with Crippen LogP contribution in [-0.4, -0.2) is 27.9 Å². The minimum atomic E-state index is 0.178. The van der Waals surface area contributed by atoms with Gasteiger partial charge in [-0.25, -0.2) is 0 Å². The third-order valence-corrected chi connectivity index (χ3v) is 3.47. The third kappa shape index (κ3) is 1.55. The van der Waals surface area contributed by atoms with E-state index in [9.17, 15) is 0 Å². The van der Waals surface area contributed by atoms with Crippen molar-refractivity contribution in [3.8, 4) is 0 Å². The molecule has 88 valence electrons. The van der Waals surface area contributed by atoms with Crippen molar-refractivity contribution < 1.29 is 4.74 Å². The molecule has 2 aliphatic rings. The lowest BCUT2D eigenvalue weighted by Gasteiger charge is -2.24. The van der Waals surface area contributed by atoms with E-state index in [0.717, 1.165) is 50.6 Å². The van der Waals surface area contributed by atoms with Gasteiger partial charge in [-0.15, -0.1) is 10.2 Å². The van der Waals surface area contributed by atoms with Crippen LogP contribution in [0.5, 0.6) is 0 Å². The molecule has 0 saturated carbocycles. The maximum atomic E-state index is 5.69. The first-order valence-corrected chi connectivity index (χ1v) is 6.18. The van der Waals surface area contributed by atoms with Gasteiger partial charge < -0.3 is 14.6 Å². The van der Waals surface area contributed by atoms with Crippen LogP contribution in [0.4, 0.5) is 0 Å². The lowest BCUT2D eigenvalue weighted by molar-refractivity contribution is 0.101. The molecule has 2 aliphatic heterocycles. The van der Waals surface area contributed by atoms with Crippen LogP contribution in [0.2, 0.25) is 0 Å². The Morgan fingerprint density at radius 3 is 3.06 bits per heavy atom. The number of ether oxygens (including phenoxy) is 1. The highest BCUT2D eigenvalue weighted by atomic mass is 16.5. The topological polar surface area (TPSA) is 52.0 Å². The van der Waals surface area contributed by atoms with Gasteiger partial charge in [-0.2, -0.15) is 0 Å². The summed E-state index contributed by atoms with van der Waals surface area (Å²) in [5.41, 5.74) is 0. The largest absolute Gasteiger partial charge is 0.370 e. The van der Waals surface area contributed by atoms with Gasteiger partial charge in [0.25, 0.3) is 0 Å². The van der Waals surface area contributed by atoms with Gasteiger partial charge in [-0.3, -0.25) is 0 Å². The molecule has 2 unspecified atom stereocenters. The van der Waals surface area contributed by atoms with Crippen LogP contribution in [-0.2, 0) is 11.3 Å². The second-order valence-electron chi connectivity index (χ2n) is 4.48. The van der Waals surface area contributed by atoms with Gasteiger partial charge in [0.1, 0.15) is 11.9 Å². The summed E-state index contributed by atoms with van der Waals surface area (Å²) in [4.78, 5) is 0. The average molecular weight is 222 g/mol. The first-order valence-electron chi connectivity index (χ1n) is 6.18. The number of aromatic nitrogens is 3.